The first-order chi connectivity index (χ1) is 7.13. The number of nitrogens with zero attached hydrogens (tertiary/aromatic N) is 1. The van der Waals surface area contributed by atoms with E-state index < -0.39 is 0 Å². The maximum atomic E-state index is 4.44. The van der Waals surface area contributed by atoms with E-state index in [1.54, 1.807) is 11.3 Å². The molecule has 15 heavy (non-hydrogen) atoms. The van der Waals surface area contributed by atoms with E-state index in [1.165, 1.54) is 5.57 Å². The van der Waals surface area contributed by atoms with Gasteiger partial charge in [0.1, 0.15) is 0 Å². The van der Waals surface area contributed by atoms with Crippen molar-refractivity contribution in [3.63, 3.8) is 0 Å². The summed E-state index contributed by atoms with van der Waals surface area (Å²) in [5.41, 5.74) is 2.50. The molecule has 0 saturated carbocycles. The highest BCUT2D eigenvalue weighted by atomic mass is 32.1. The second kappa shape index (κ2) is 5.86. The molecule has 0 radical (unpaired) electrons. The van der Waals surface area contributed by atoms with Gasteiger partial charge in [0.2, 0.25) is 0 Å². The molecule has 0 N–H and O–H groups in total. The molecule has 0 aliphatic heterocycles. The van der Waals surface area contributed by atoms with Gasteiger partial charge in [0.15, 0.2) is 0 Å². The Morgan fingerprint density at radius 3 is 2.87 bits per heavy atom. The summed E-state index contributed by atoms with van der Waals surface area (Å²) in [5.74, 6) is 0.600. The van der Waals surface area contributed by atoms with Crippen molar-refractivity contribution in [1.29, 1.82) is 0 Å². The third kappa shape index (κ3) is 4.00. The third-order valence-electron chi connectivity index (χ3n) is 2.51. The quantitative estimate of drug-likeness (QED) is 0.684. The van der Waals surface area contributed by atoms with E-state index in [0.29, 0.717) is 5.92 Å². The Bertz CT molecular complexity index is 360. The molecule has 0 amide bonds. The SMILES string of the molecule is C/C=C\C[C@H](C)/C(C)=C/c1csc(C)n1. The van der Waals surface area contributed by atoms with Gasteiger partial charge in [-0.1, -0.05) is 24.6 Å². The van der Waals surface area contributed by atoms with Gasteiger partial charge in [-0.05, 0) is 39.2 Å². The van der Waals surface area contributed by atoms with Crippen LogP contribution in [0, 0.1) is 12.8 Å². The summed E-state index contributed by atoms with van der Waals surface area (Å²) < 4.78 is 0. The van der Waals surface area contributed by atoms with Crippen LogP contribution >= 0.6 is 11.3 Å². The van der Waals surface area contributed by atoms with Crippen LogP contribution in [0.5, 0.6) is 0 Å². The molecule has 2 heteroatoms. The number of aromatic nitrogens is 1. The van der Waals surface area contributed by atoms with Crippen LogP contribution in [-0.4, -0.2) is 4.98 Å². The lowest BCUT2D eigenvalue weighted by Crippen LogP contribution is -1.94. The fourth-order valence-corrected chi connectivity index (χ4v) is 1.92. The standard InChI is InChI=1S/C13H19NS/c1-5-6-7-10(2)11(3)8-13-9-15-12(4)14-13/h5-6,8-10H,7H2,1-4H3/b6-5-,11-8+/t10-/m0/s1. The summed E-state index contributed by atoms with van der Waals surface area (Å²) in [6, 6.07) is 0. The number of thiazole rings is 1. The van der Waals surface area contributed by atoms with Gasteiger partial charge in [-0.25, -0.2) is 4.98 Å². The molecular formula is C13H19NS. The van der Waals surface area contributed by atoms with Crippen molar-refractivity contribution in [2.24, 2.45) is 5.92 Å². The highest BCUT2D eigenvalue weighted by Gasteiger charge is 2.03. The van der Waals surface area contributed by atoms with Gasteiger partial charge in [0.05, 0.1) is 10.7 Å². The fourth-order valence-electron chi connectivity index (χ4n) is 1.35. The minimum atomic E-state index is 0.600. The number of allylic oxidation sites excluding steroid dienone is 3. The minimum Gasteiger partial charge on any atom is -0.242 e. The van der Waals surface area contributed by atoms with Gasteiger partial charge in [-0.15, -0.1) is 11.3 Å². The average Bonchev–Trinajstić information content (AvgIpc) is 2.60. The first-order valence-electron chi connectivity index (χ1n) is 5.35. The Kier molecular flexibility index (Phi) is 4.76. The van der Waals surface area contributed by atoms with E-state index >= 15 is 0 Å². The van der Waals surface area contributed by atoms with E-state index in [0.717, 1.165) is 17.1 Å². The van der Waals surface area contributed by atoms with Crippen molar-refractivity contribution in [2.45, 2.75) is 34.1 Å². The molecule has 1 aromatic heterocycles. The summed E-state index contributed by atoms with van der Waals surface area (Å²) in [7, 11) is 0. The number of rotatable bonds is 4. The van der Waals surface area contributed by atoms with Crippen LogP contribution in [0.1, 0.15) is 37.9 Å². The van der Waals surface area contributed by atoms with Crippen LogP contribution < -0.4 is 0 Å². The predicted molar refractivity (Wildman–Crippen MR) is 69.1 cm³/mol. The van der Waals surface area contributed by atoms with Crippen molar-refractivity contribution < 1.29 is 0 Å². The lowest BCUT2D eigenvalue weighted by atomic mass is 9.98. The lowest BCUT2D eigenvalue weighted by molar-refractivity contribution is 0.699. The zero-order chi connectivity index (χ0) is 11.3. The zero-order valence-corrected chi connectivity index (χ0v) is 10.8. The molecule has 0 unspecified atom stereocenters. The zero-order valence-electron chi connectivity index (χ0n) is 9.95. The van der Waals surface area contributed by atoms with Gasteiger partial charge in [0.25, 0.3) is 0 Å². The van der Waals surface area contributed by atoms with Gasteiger partial charge in [0, 0.05) is 5.38 Å². The van der Waals surface area contributed by atoms with Crippen molar-refractivity contribution in [3.8, 4) is 0 Å². The van der Waals surface area contributed by atoms with Crippen molar-refractivity contribution in [1.82, 2.24) is 4.98 Å². The van der Waals surface area contributed by atoms with Crippen molar-refractivity contribution >= 4 is 17.4 Å². The summed E-state index contributed by atoms with van der Waals surface area (Å²) in [6.07, 6.45) is 7.63. The maximum Gasteiger partial charge on any atom is 0.0901 e. The topological polar surface area (TPSA) is 12.9 Å². The van der Waals surface area contributed by atoms with Gasteiger partial charge in [-0.2, -0.15) is 0 Å². The highest BCUT2D eigenvalue weighted by Crippen LogP contribution is 2.19. The summed E-state index contributed by atoms with van der Waals surface area (Å²) in [6.45, 7) is 8.55. The Balaban J connectivity index is 2.66. The van der Waals surface area contributed by atoms with Crippen LogP contribution in [0.3, 0.4) is 0 Å². The van der Waals surface area contributed by atoms with Crippen molar-refractivity contribution in [3.05, 3.63) is 33.8 Å². The molecule has 1 rings (SSSR count). The van der Waals surface area contributed by atoms with Gasteiger partial charge >= 0.3 is 0 Å². The van der Waals surface area contributed by atoms with E-state index in [2.05, 4.69) is 49.4 Å². The number of aryl methyl sites for hydroxylation is 1. The van der Waals surface area contributed by atoms with E-state index in [9.17, 15) is 0 Å². The molecule has 1 aromatic rings. The molecular weight excluding hydrogens is 202 g/mol. The Morgan fingerprint density at radius 2 is 2.33 bits per heavy atom. The molecule has 82 valence electrons. The normalized spacial score (nSPS) is 14.8. The Morgan fingerprint density at radius 1 is 1.60 bits per heavy atom. The molecule has 1 nitrogen and oxygen atoms in total. The minimum absolute atomic E-state index is 0.600. The van der Waals surface area contributed by atoms with Gasteiger partial charge in [-0.3, -0.25) is 0 Å². The second-order valence-electron chi connectivity index (χ2n) is 3.89. The predicted octanol–water partition coefficient (Wildman–Crippen LogP) is 4.46. The molecule has 0 saturated heterocycles. The molecule has 0 fully saturated rings. The Hall–Kier alpha value is -0.890. The summed E-state index contributed by atoms with van der Waals surface area (Å²) >= 11 is 1.71. The molecule has 0 aromatic carbocycles. The van der Waals surface area contributed by atoms with Crippen molar-refractivity contribution in [2.75, 3.05) is 0 Å². The third-order valence-corrected chi connectivity index (χ3v) is 3.31. The van der Waals surface area contributed by atoms with Crippen LogP contribution in [0.25, 0.3) is 6.08 Å². The van der Waals surface area contributed by atoms with E-state index in [1.807, 2.05) is 6.92 Å². The average molecular weight is 221 g/mol. The molecule has 0 bridgehead atoms. The highest BCUT2D eigenvalue weighted by molar-refractivity contribution is 7.09. The largest absolute Gasteiger partial charge is 0.242 e. The van der Waals surface area contributed by atoms with Crippen LogP contribution in [0.4, 0.5) is 0 Å². The van der Waals surface area contributed by atoms with E-state index in [4.69, 9.17) is 0 Å². The Labute approximate surface area is 96.6 Å². The number of hydrogen-bond acceptors (Lipinski definition) is 2. The molecule has 0 aliphatic carbocycles. The smallest absolute Gasteiger partial charge is 0.0901 e. The molecule has 0 aliphatic rings. The van der Waals surface area contributed by atoms with E-state index in [-0.39, 0.29) is 0 Å². The monoisotopic (exact) mass is 221 g/mol. The maximum absolute atomic E-state index is 4.44. The molecule has 0 spiro atoms. The van der Waals surface area contributed by atoms with Gasteiger partial charge < -0.3 is 0 Å². The summed E-state index contributed by atoms with van der Waals surface area (Å²) in [4.78, 5) is 4.44. The van der Waals surface area contributed by atoms with Crippen LogP contribution in [0.15, 0.2) is 23.1 Å². The first kappa shape index (κ1) is 12.2. The molecule has 1 atom stereocenters. The molecule has 1 heterocycles. The second-order valence-corrected chi connectivity index (χ2v) is 4.95. The summed E-state index contributed by atoms with van der Waals surface area (Å²) in [5, 5.41) is 3.25. The number of hydrogen-bond donors (Lipinski definition) is 0. The lowest BCUT2D eigenvalue weighted by Gasteiger charge is -2.08. The fraction of sp³-hybridized carbons (Fsp3) is 0.462. The van der Waals surface area contributed by atoms with Crippen LogP contribution in [-0.2, 0) is 0 Å². The van der Waals surface area contributed by atoms with Crippen LogP contribution in [0.2, 0.25) is 0 Å². The first-order valence-corrected chi connectivity index (χ1v) is 6.23.